The molecule has 8 atom stereocenters. The lowest BCUT2D eigenvalue weighted by Crippen LogP contribution is -2.52. The third-order valence-electron chi connectivity index (χ3n) is 8.27. The summed E-state index contributed by atoms with van der Waals surface area (Å²) in [6, 6.07) is 14.0. The molecule has 2 aromatic carbocycles. The molecule has 204 valence electrons. The van der Waals surface area contributed by atoms with Crippen molar-refractivity contribution in [2.45, 2.75) is 90.3 Å². The van der Waals surface area contributed by atoms with Crippen LogP contribution in [-0.4, -0.2) is 36.4 Å². The largest absolute Gasteiger partial charge is 0.490 e. The molecule has 6 nitrogen and oxygen atoms in total. The van der Waals surface area contributed by atoms with E-state index in [2.05, 4.69) is 12.1 Å². The van der Waals surface area contributed by atoms with Crippen LogP contribution < -0.4 is 4.74 Å². The van der Waals surface area contributed by atoms with Crippen molar-refractivity contribution in [3.05, 3.63) is 64.2 Å². The first-order valence-electron chi connectivity index (χ1n) is 13.8. The maximum absolute atomic E-state index is 12.0. The molecule has 38 heavy (non-hydrogen) atoms. The van der Waals surface area contributed by atoms with E-state index in [0.29, 0.717) is 17.5 Å². The van der Waals surface area contributed by atoms with E-state index in [4.69, 9.17) is 30.5 Å². The molecule has 0 radical (unpaired) electrons. The first kappa shape index (κ1) is 27.0. The second-order valence-corrected chi connectivity index (χ2v) is 11.6. The number of halogens is 1. The molecule has 0 N–H and O–H groups in total. The van der Waals surface area contributed by atoms with Gasteiger partial charge in [0.25, 0.3) is 0 Å². The van der Waals surface area contributed by atoms with Crippen LogP contribution in [0.25, 0.3) is 0 Å². The van der Waals surface area contributed by atoms with Gasteiger partial charge in [0, 0.05) is 24.8 Å². The number of carbonyl (C=O) groups is 2. The van der Waals surface area contributed by atoms with E-state index in [9.17, 15) is 9.59 Å². The SMILES string of the molecule is CC[C@H]1O[C@H](c2ccc(Cl)c(Cc3ccc(O[C@@H]4C[C@@H]5C[C@@H]5C4)cc3)c2)[C@H](OC(C)=O)[C@@H](OC(C)=O)[C@@H]1C. The Morgan fingerprint density at radius 1 is 0.947 bits per heavy atom. The summed E-state index contributed by atoms with van der Waals surface area (Å²) in [5, 5.41) is 0.649. The van der Waals surface area contributed by atoms with Crippen molar-refractivity contribution in [2.24, 2.45) is 17.8 Å². The maximum Gasteiger partial charge on any atom is 0.303 e. The average molecular weight is 541 g/mol. The summed E-state index contributed by atoms with van der Waals surface area (Å²) >= 11 is 6.62. The molecule has 0 spiro atoms. The smallest absolute Gasteiger partial charge is 0.303 e. The van der Waals surface area contributed by atoms with Crippen LogP contribution in [0.5, 0.6) is 5.75 Å². The second kappa shape index (κ2) is 11.3. The van der Waals surface area contributed by atoms with E-state index in [1.54, 1.807) is 0 Å². The standard InChI is InChI=1S/C31H37ClO6/c1-5-28-17(2)29(35-18(3)33)31(36-19(4)34)30(38-28)21-8-11-27(32)24(13-21)12-20-6-9-25(10-7-20)37-26-15-22-14-23(22)16-26/h6-11,13,17,22-23,26,28-31H,5,12,14-16H2,1-4H3/t17-,22-,23+,26+,28-,29+,30-,31-/m1/s1. The highest BCUT2D eigenvalue weighted by Crippen LogP contribution is 2.52. The van der Waals surface area contributed by atoms with Gasteiger partial charge >= 0.3 is 11.9 Å². The van der Waals surface area contributed by atoms with Crippen molar-refractivity contribution in [1.82, 2.24) is 0 Å². The normalized spacial score (nSPS) is 31.8. The van der Waals surface area contributed by atoms with Crippen LogP contribution >= 0.6 is 11.6 Å². The second-order valence-electron chi connectivity index (χ2n) is 11.1. The summed E-state index contributed by atoms with van der Waals surface area (Å²) < 4.78 is 24.1. The van der Waals surface area contributed by atoms with Gasteiger partial charge in [0.1, 0.15) is 18.0 Å². The Morgan fingerprint density at radius 3 is 2.24 bits per heavy atom. The summed E-state index contributed by atoms with van der Waals surface area (Å²) in [5.74, 6) is 1.70. The van der Waals surface area contributed by atoms with Gasteiger partial charge in [-0.05, 0) is 78.8 Å². The number of rotatable bonds is 8. The molecule has 1 saturated heterocycles. The van der Waals surface area contributed by atoms with E-state index >= 15 is 0 Å². The molecule has 1 heterocycles. The molecular formula is C31H37ClO6. The average Bonchev–Trinajstić information content (AvgIpc) is 3.49. The number of esters is 2. The van der Waals surface area contributed by atoms with Gasteiger partial charge in [-0.2, -0.15) is 0 Å². The van der Waals surface area contributed by atoms with Crippen LogP contribution in [0, 0.1) is 17.8 Å². The van der Waals surface area contributed by atoms with E-state index < -0.39 is 30.3 Å². The van der Waals surface area contributed by atoms with Gasteiger partial charge < -0.3 is 18.9 Å². The van der Waals surface area contributed by atoms with Crippen molar-refractivity contribution < 1.29 is 28.5 Å². The Balaban J connectivity index is 1.35. The highest BCUT2D eigenvalue weighted by molar-refractivity contribution is 6.31. The van der Waals surface area contributed by atoms with E-state index in [-0.39, 0.29) is 12.0 Å². The molecule has 5 rings (SSSR count). The molecule has 3 aliphatic rings. The number of hydrogen-bond donors (Lipinski definition) is 0. The van der Waals surface area contributed by atoms with Crippen molar-refractivity contribution in [3.63, 3.8) is 0 Å². The van der Waals surface area contributed by atoms with Gasteiger partial charge in [-0.3, -0.25) is 9.59 Å². The number of ether oxygens (including phenoxy) is 4. The van der Waals surface area contributed by atoms with Crippen LogP contribution in [0.3, 0.4) is 0 Å². The first-order valence-corrected chi connectivity index (χ1v) is 14.1. The Bertz CT molecular complexity index is 1150. The van der Waals surface area contributed by atoms with Crippen LogP contribution in [0.2, 0.25) is 5.02 Å². The Kier molecular flexibility index (Phi) is 8.01. The first-order chi connectivity index (χ1) is 18.2. The van der Waals surface area contributed by atoms with Crippen LogP contribution in [-0.2, 0) is 30.2 Å². The predicted octanol–water partition coefficient (Wildman–Crippen LogP) is 6.46. The molecule has 0 amide bonds. The molecule has 2 aliphatic carbocycles. The van der Waals surface area contributed by atoms with E-state index in [0.717, 1.165) is 40.7 Å². The number of benzene rings is 2. The van der Waals surface area contributed by atoms with Crippen molar-refractivity contribution >= 4 is 23.5 Å². The Labute approximate surface area is 229 Å². The minimum absolute atomic E-state index is 0.132. The van der Waals surface area contributed by atoms with E-state index in [1.165, 1.54) is 33.1 Å². The zero-order chi connectivity index (χ0) is 27.0. The van der Waals surface area contributed by atoms with Crippen LogP contribution in [0.1, 0.15) is 76.2 Å². The lowest BCUT2D eigenvalue weighted by Gasteiger charge is -2.44. The minimum Gasteiger partial charge on any atom is -0.490 e. The fraction of sp³-hybridized carbons (Fsp3) is 0.548. The van der Waals surface area contributed by atoms with Crippen LogP contribution in [0.4, 0.5) is 0 Å². The number of fused-ring (bicyclic) bond motifs is 1. The predicted molar refractivity (Wildman–Crippen MR) is 144 cm³/mol. The lowest BCUT2D eigenvalue weighted by molar-refractivity contribution is -0.225. The molecule has 1 aliphatic heterocycles. The molecule has 2 saturated carbocycles. The monoisotopic (exact) mass is 540 g/mol. The minimum atomic E-state index is -0.763. The van der Waals surface area contributed by atoms with Gasteiger partial charge in [-0.25, -0.2) is 0 Å². The molecule has 2 aromatic rings. The summed E-state index contributed by atoms with van der Waals surface area (Å²) in [6.07, 6.45) is 3.34. The summed E-state index contributed by atoms with van der Waals surface area (Å²) in [6.45, 7) is 6.72. The van der Waals surface area contributed by atoms with Crippen molar-refractivity contribution in [1.29, 1.82) is 0 Å². The zero-order valence-corrected chi connectivity index (χ0v) is 23.3. The molecule has 3 fully saturated rings. The molecular weight excluding hydrogens is 504 g/mol. The number of carbonyl (C=O) groups excluding carboxylic acids is 2. The molecule has 0 unspecified atom stereocenters. The van der Waals surface area contributed by atoms with Crippen LogP contribution in [0.15, 0.2) is 42.5 Å². The van der Waals surface area contributed by atoms with Gasteiger partial charge in [0.2, 0.25) is 0 Å². The van der Waals surface area contributed by atoms with Gasteiger partial charge in [0.05, 0.1) is 12.2 Å². The third-order valence-corrected chi connectivity index (χ3v) is 8.64. The highest BCUT2D eigenvalue weighted by atomic mass is 35.5. The molecule has 7 heteroatoms. The topological polar surface area (TPSA) is 71.1 Å². The molecule has 0 aromatic heterocycles. The van der Waals surface area contributed by atoms with Gasteiger partial charge in [0.15, 0.2) is 6.10 Å². The van der Waals surface area contributed by atoms with Crippen molar-refractivity contribution in [2.75, 3.05) is 0 Å². The van der Waals surface area contributed by atoms with E-state index in [1.807, 2.05) is 44.2 Å². The van der Waals surface area contributed by atoms with Crippen molar-refractivity contribution in [3.8, 4) is 5.75 Å². The highest BCUT2D eigenvalue weighted by Gasteiger charge is 2.48. The van der Waals surface area contributed by atoms with Gasteiger partial charge in [-0.15, -0.1) is 0 Å². The summed E-state index contributed by atoms with van der Waals surface area (Å²) in [5.41, 5.74) is 2.89. The summed E-state index contributed by atoms with van der Waals surface area (Å²) in [4.78, 5) is 24.0. The summed E-state index contributed by atoms with van der Waals surface area (Å²) in [7, 11) is 0. The zero-order valence-electron chi connectivity index (χ0n) is 22.5. The Hall–Kier alpha value is -2.57. The lowest BCUT2D eigenvalue weighted by atomic mass is 9.84. The number of hydrogen-bond acceptors (Lipinski definition) is 6. The third kappa shape index (κ3) is 6.02. The maximum atomic E-state index is 12.0. The Morgan fingerprint density at radius 2 is 1.61 bits per heavy atom. The fourth-order valence-electron chi connectivity index (χ4n) is 6.26. The quantitative estimate of drug-likeness (QED) is 0.358. The molecule has 0 bridgehead atoms. The van der Waals surface area contributed by atoms with Gasteiger partial charge in [-0.1, -0.05) is 49.7 Å². The fourth-order valence-corrected chi connectivity index (χ4v) is 6.44.